The van der Waals surface area contributed by atoms with Crippen LogP contribution in [0, 0.1) is 0 Å². The van der Waals surface area contributed by atoms with Crippen LogP contribution < -0.4 is 5.32 Å². The van der Waals surface area contributed by atoms with Gasteiger partial charge in [0.05, 0.1) is 29.3 Å². The lowest BCUT2D eigenvalue weighted by molar-refractivity contribution is 0.153. The van der Waals surface area contributed by atoms with Crippen molar-refractivity contribution >= 4 is 22.4 Å². The number of nitrogens with one attached hydrogen (secondary N) is 2. The van der Waals surface area contributed by atoms with Crippen molar-refractivity contribution in [1.29, 1.82) is 0 Å². The Kier molecular flexibility index (Phi) is 8.09. The Morgan fingerprint density at radius 3 is 2.62 bits per heavy atom. The molecule has 0 fully saturated rings. The van der Waals surface area contributed by atoms with Gasteiger partial charge in [0.2, 0.25) is 0 Å². The van der Waals surface area contributed by atoms with Crippen molar-refractivity contribution in [2.24, 2.45) is 0 Å². The van der Waals surface area contributed by atoms with Crippen molar-refractivity contribution in [2.45, 2.75) is 58.9 Å². The van der Waals surface area contributed by atoms with Gasteiger partial charge in [-0.25, -0.2) is 4.98 Å². The van der Waals surface area contributed by atoms with Gasteiger partial charge in [0, 0.05) is 30.7 Å². The van der Waals surface area contributed by atoms with E-state index in [2.05, 4.69) is 87.3 Å². The van der Waals surface area contributed by atoms with Gasteiger partial charge in [0.15, 0.2) is 0 Å². The second kappa shape index (κ2) is 11.8. The van der Waals surface area contributed by atoms with E-state index in [0.717, 1.165) is 55.9 Å². The minimum Gasteiger partial charge on any atom is -0.341 e. The van der Waals surface area contributed by atoms with E-state index in [4.69, 9.17) is 9.97 Å². The van der Waals surface area contributed by atoms with Gasteiger partial charge in [0.25, 0.3) is 0 Å². The molecule has 37 heavy (non-hydrogen) atoms. The first-order valence-corrected chi connectivity index (χ1v) is 13.6. The molecule has 2 N–H and O–H groups in total. The molecule has 2 aromatic carbocycles. The Bertz CT molecular complexity index is 1370. The van der Waals surface area contributed by atoms with Crippen LogP contribution in [0.1, 0.15) is 59.4 Å². The molecule has 0 spiro atoms. The highest BCUT2D eigenvalue weighted by Gasteiger charge is 2.28. The molecular formula is C31H35N5S. The smallest absolute Gasteiger partial charge is 0.121 e. The van der Waals surface area contributed by atoms with E-state index >= 15 is 0 Å². The van der Waals surface area contributed by atoms with Crippen LogP contribution in [0.2, 0.25) is 0 Å². The van der Waals surface area contributed by atoms with Crippen molar-refractivity contribution in [3.8, 4) is 0 Å². The van der Waals surface area contributed by atoms with Crippen LogP contribution in [-0.2, 0) is 32.6 Å². The Morgan fingerprint density at radius 1 is 0.919 bits per heavy atom. The fourth-order valence-corrected chi connectivity index (χ4v) is 5.90. The minimum absolute atomic E-state index is 0. The number of thiophene rings is 1. The predicted octanol–water partition coefficient (Wildman–Crippen LogP) is 7.03. The van der Waals surface area contributed by atoms with Crippen LogP contribution in [0.4, 0.5) is 0 Å². The van der Waals surface area contributed by atoms with E-state index in [1.165, 1.54) is 33.7 Å². The van der Waals surface area contributed by atoms with Gasteiger partial charge < -0.3 is 10.3 Å². The predicted molar refractivity (Wildman–Crippen MR) is 153 cm³/mol. The summed E-state index contributed by atoms with van der Waals surface area (Å²) >= 11 is 1.80. The number of H-pyrrole nitrogens is 1. The summed E-state index contributed by atoms with van der Waals surface area (Å²) in [7, 11) is 0. The standard InChI is InChI=1S/C30H31N5S.CH4/c1-2-10-27-26(9-1)33-29(34-27)21-35(28-11-3-6-24-7-4-16-32-30(24)28)20-23-14-12-22(13-15-23)18-31-19-25-8-5-17-36-25;/h1-2,4-5,7-10,12-17,28,31H,3,6,11,18-21H2,(H,33,34);1H4. The van der Waals surface area contributed by atoms with Crippen molar-refractivity contribution in [2.75, 3.05) is 0 Å². The molecule has 5 nitrogen and oxygen atoms in total. The van der Waals surface area contributed by atoms with Crippen LogP contribution in [0.15, 0.2) is 84.4 Å². The topological polar surface area (TPSA) is 56.8 Å². The monoisotopic (exact) mass is 509 g/mol. The number of para-hydroxylation sites is 2. The fraction of sp³-hybridized carbons (Fsp3) is 0.290. The molecule has 1 unspecified atom stereocenters. The van der Waals surface area contributed by atoms with Crippen molar-refractivity contribution in [3.05, 3.63) is 117 Å². The second-order valence-corrected chi connectivity index (χ2v) is 10.6. The van der Waals surface area contributed by atoms with Gasteiger partial charge >= 0.3 is 0 Å². The van der Waals surface area contributed by atoms with Crippen LogP contribution in [0.3, 0.4) is 0 Å². The van der Waals surface area contributed by atoms with E-state index in [9.17, 15) is 0 Å². The Morgan fingerprint density at radius 2 is 1.78 bits per heavy atom. The third-order valence-corrected chi connectivity index (χ3v) is 7.89. The lowest BCUT2D eigenvalue weighted by Gasteiger charge is -2.34. The molecule has 3 aromatic heterocycles. The maximum Gasteiger partial charge on any atom is 0.121 e. The number of hydrogen-bond donors (Lipinski definition) is 2. The zero-order valence-electron chi connectivity index (χ0n) is 20.4. The first-order chi connectivity index (χ1) is 17.8. The molecule has 0 saturated heterocycles. The Labute approximate surface area is 223 Å². The molecule has 6 heteroatoms. The molecular weight excluding hydrogens is 474 g/mol. The average molecular weight is 510 g/mol. The van der Waals surface area contributed by atoms with Gasteiger partial charge in [-0.05, 0) is 65.6 Å². The Balaban J connectivity index is 0.00000280. The highest BCUT2D eigenvalue weighted by atomic mass is 32.1. The summed E-state index contributed by atoms with van der Waals surface area (Å²) in [6, 6.07) is 26.2. The van der Waals surface area contributed by atoms with Crippen LogP contribution in [0.5, 0.6) is 0 Å². The van der Waals surface area contributed by atoms with E-state index < -0.39 is 0 Å². The summed E-state index contributed by atoms with van der Waals surface area (Å²) in [5.41, 5.74) is 7.35. The first-order valence-electron chi connectivity index (χ1n) is 12.7. The quantitative estimate of drug-likeness (QED) is 0.224. The third kappa shape index (κ3) is 5.99. The zero-order chi connectivity index (χ0) is 24.2. The molecule has 5 aromatic rings. The number of benzene rings is 2. The molecule has 1 atom stereocenters. The second-order valence-electron chi connectivity index (χ2n) is 9.56. The van der Waals surface area contributed by atoms with Gasteiger partial charge in [0.1, 0.15) is 5.82 Å². The molecule has 0 radical (unpaired) electrons. The fourth-order valence-electron chi connectivity index (χ4n) is 5.23. The number of nitrogens with zero attached hydrogens (tertiary/aromatic N) is 3. The van der Waals surface area contributed by atoms with E-state index in [1.54, 1.807) is 11.3 Å². The average Bonchev–Trinajstić information content (AvgIpc) is 3.58. The summed E-state index contributed by atoms with van der Waals surface area (Å²) in [6.07, 6.45) is 5.36. The maximum atomic E-state index is 4.89. The highest BCUT2D eigenvalue weighted by Crippen LogP contribution is 2.34. The number of imidazole rings is 1. The SMILES string of the molecule is C.c1csc(CNCc2ccc(CN(Cc3nc4ccccc4[nH]3)C3CCCc4cccnc43)cc2)c1. The number of aromatic amines is 1. The normalized spacial score (nSPS) is 15.0. The minimum atomic E-state index is 0. The molecule has 0 amide bonds. The van der Waals surface area contributed by atoms with Gasteiger partial charge in [-0.3, -0.25) is 9.88 Å². The van der Waals surface area contributed by atoms with E-state index in [1.807, 2.05) is 12.3 Å². The molecule has 190 valence electrons. The molecule has 0 bridgehead atoms. The van der Waals surface area contributed by atoms with Crippen molar-refractivity contribution in [1.82, 2.24) is 25.2 Å². The molecule has 3 heterocycles. The van der Waals surface area contributed by atoms with Crippen LogP contribution >= 0.6 is 11.3 Å². The third-order valence-electron chi connectivity index (χ3n) is 7.01. The first kappa shape index (κ1) is 25.3. The van der Waals surface area contributed by atoms with Gasteiger partial charge in [-0.15, -0.1) is 11.3 Å². The molecule has 6 rings (SSSR count). The number of aryl methyl sites for hydroxylation is 1. The molecule has 1 aliphatic rings. The van der Waals surface area contributed by atoms with E-state index in [0.29, 0.717) is 0 Å². The van der Waals surface area contributed by atoms with Gasteiger partial charge in [-0.1, -0.05) is 56.0 Å². The number of rotatable bonds is 9. The molecule has 1 aliphatic carbocycles. The Hall–Kier alpha value is -3.32. The summed E-state index contributed by atoms with van der Waals surface area (Å²) < 4.78 is 0. The lowest BCUT2D eigenvalue weighted by atomic mass is 9.90. The van der Waals surface area contributed by atoms with Crippen LogP contribution in [0.25, 0.3) is 11.0 Å². The molecule has 0 saturated carbocycles. The number of aromatic nitrogens is 3. The summed E-state index contributed by atoms with van der Waals surface area (Å²) in [4.78, 5) is 17.2. The van der Waals surface area contributed by atoms with Crippen molar-refractivity contribution in [3.63, 3.8) is 0 Å². The molecule has 0 aliphatic heterocycles. The van der Waals surface area contributed by atoms with Crippen LogP contribution in [-0.4, -0.2) is 19.9 Å². The van der Waals surface area contributed by atoms with Gasteiger partial charge in [-0.2, -0.15) is 0 Å². The number of pyridine rings is 1. The number of fused-ring (bicyclic) bond motifs is 2. The maximum absolute atomic E-state index is 4.89. The summed E-state index contributed by atoms with van der Waals surface area (Å²) in [5.74, 6) is 1.01. The zero-order valence-corrected chi connectivity index (χ0v) is 21.2. The van der Waals surface area contributed by atoms with Crippen molar-refractivity contribution < 1.29 is 0 Å². The highest BCUT2D eigenvalue weighted by molar-refractivity contribution is 7.09. The lowest BCUT2D eigenvalue weighted by Crippen LogP contribution is -2.31. The largest absolute Gasteiger partial charge is 0.341 e. The number of hydrogen-bond acceptors (Lipinski definition) is 5. The summed E-state index contributed by atoms with van der Waals surface area (Å²) in [6.45, 7) is 3.42. The van der Waals surface area contributed by atoms with E-state index in [-0.39, 0.29) is 13.5 Å². The summed E-state index contributed by atoms with van der Waals surface area (Å²) in [5, 5.41) is 5.68.